The molecule has 0 amide bonds. The first-order chi connectivity index (χ1) is 10.3. The van der Waals surface area contributed by atoms with E-state index in [1.807, 2.05) is 19.2 Å². The molecule has 4 heteroatoms. The Labute approximate surface area is 125 Å². The van der Waals surface area contributed by atoms with Gasteiger partial charge in [0, 0.05) is 31.5 Å². The molecule has 0 unspecified atom stereocenters. The van der Waals surface area contributed by atoms with E-state index in [9.17, 15) is 0 Å². The fourth-order valence-electron chi connectivity index (χ4n) is 2.50. The van der Waals surface area contributed by atoms with Crippen LogP contribution in [-0.4, -0.2) is 31.3 Å². The maximum Gasteiger partial charge on any atom is 0.0642 e. The molecule has 3 rings (SSSR count). The van der Waals surface area contributed by atoms with E-state index >= 15 is 0 Å². The fourth-order valence-corrected chi connectivity index (χ4v) is 2.50. The number of rotatable bonds is 4. The number of aromatic nitrogens is 1. The first kappa shape index (κ1) is 13.9. The van der Waals surface area contributed by atoms with Crippen LogP contribution in [0, 0.1) is 6.92 Å². The van der Waals surface area contributed by atoms with Gasteiger partial charge in [-0.15, -0.1) is 0 Å². The van der Waals surface area contributed by atoms with Crippen molar-refractivity contribution in [2.24, 2.45) is 0 Å². The Hall–Kier alpha value is -2.07. The number of anilines is 2. The SMILES string of the molecule is Cc1ccc(CNc2ccccc2N2CCOCC2)cn1. The zero-order valence-corrected chi connectivity index (χ0v) is 12.4. The summed E-state index contributed by atoms with van der Waals surface area (Å²) in [5.74, 6) is 0. The van der Waals surface area contributed by atoms with Gasteiger partial charge >= 0.3 is 0 Å². The average molecular weight is 283 g/mol. The van der Waals surface area contributed by atoms with Crippen LogP contribution in [0.2, 0.25) is 0 Å². The summed E-state index contributed by atoms with van der Waals surface area (Å²) >= 11 is 0. The first-order valence-corrected chi connectivity index (χ1v) is 7.40. The number of para-hydroxylation sites is 2. The molecule has 1 fully saturated rings. The van der Waals surface area contributed by atoms with Crippen LogP contribution >= 0.6 is 0 Å². The number of hydrogen-bond donors (Lipinski definition) is 1. The highest BCUT2D eigenvalue weighted by Gasteiger charge is 2.14. The number of morpholine rings is 1. The Bertz CT molecular complexity index is 577. The van der Waals surface area contributed by atoms with E-state index in [0.717, 1.165) is 38.5 Å². The molecule has 0 spiro atoms. The molecule has 2 heterocycles. The Morgan fingerprint density at radius 1 is 1.14 bits per heavy atom. The van der Waals surface area contributed by atoms with Crippen LogP contribution < -0.4 is 10.2 Å². The summed E-state index contributed by atoms with van der Waals surface area (Å²) < 4.78 is 5.43. The van der Waals surface area contributed by atoms with Crippen LogP contribution in [-0.2, 0) is 11.3 Å². The summed E-state index contributed by atoms with van der Waals surface area (Å²) in [7, 11) is 0. The summed E-state index contributed by atoms with van der Waals surface area (Å²) in [5.41, 5.74) is 4.66. The van der Waals surface area contributed by atoms with E-state index in [4.69, 9.17) is 4.74 Å². The van der Waals surface area contributed by atoms with Crippen LogP contribution in [0.5, 0.6) is 0 Å². The number of nitrogens with one attached hydrogen (secondary N) is 1. The molecule has 0 bridgehead atoms. The minimum Gasteiger partial charge on any atom is -0.379 e. The summed E-state index contributed by atoms with van der Waals surface area (Å²) in [4.78, 5) is 6.71. The van der Waals surface area contributed by atoms with Crippen molar-refractivity contribution in [1.29, 1.82) is 0 Å². The van der Waals surface area contributed by atoms with Crippen molar-refractivity contribution in [3.63, 3.8) is 0 Å². The maximum atomic E-state index is 5.43. The van der Waals surface area contributed by atoms with Gasteiger partial charge in [-0.3, -0.25) is 4.98 Å². The first-order valence-electron chi connectivity index (χ1n) is 7.40. The van der Waals surface area contributed by atoms with Crippen molar-refractivity contribution in [2.75, 3.05) is 36.5 Å². The topological polar surface area (TPSA) is 37.4 Å². The van der Waals surface area contributed by atoms with Gasteiger partial charge in [-0.2, -0.15) is 0 Å². The standard InChI is InChI=1S/C17H21N3O/c1-14-6-7-15(12-18-14)13-19-16-4-2-3-5-17(16)20-8-10-21-11-9-20/h2-7,12,19H,8-11,13H2,1H3. The highest BCUT2D eigenvalue weighted by molar-refractivity contribution is 5.70. The monoisotopic (exact) mass is 283 g/mol. The number of aryl methyl sites for hydroxylation is 1. The van der Waals surface area contributed by atoms with E-state index in [-0.39, 0.29) is 0 Å². The van der Waals surface area contributed by atoms with Crippen LogP contribution in [0.15, 0.2) is 42.6 Å². The maximum absolute atomic E-state index is 5.43. The zero-order chi connectivity index (χ0) is 14.5. The second kappa shape index (κ2) is 6.59. The lowest BCUT2D eigenvalue weighted by Crippen LogP contribution is -2.36. The molecule has 0 saturated carbocycles. The molecule has 21 heavy (non-hydrogen) atoms. The van der Waals surface area contributed by atoms with Gasteiger partial charge < -0.3 is 15.0 Å². The Morgan fingerprint density at radius 2 is 1.95 bits per heavy atom. The van der Waals surface area contributed by atoms with Crippen molar-refractivity contribution in [1.82, 2.24) is 4.98 Å². The minimum atomic E-state index is 0.786. The van der Waals surface area contributed by atoms with E-state index in [1.54, 1.807) is 0 Å². The molecular weight excluding hydrogens is 262 g/mol. The van der Waals surface area contributed by atoms with Gasteiger partial charge in [0.1, 0.15) is 0 Å². The second-order valence-electron chi connectivity index (χ2n) is 5.28. The summed E-state index contributed by atoms with van der Waals surface area (Å²) in [6, 6.07) is 12.6. The molecule has 1 N–H and O–H groups in total. The Morgan fingerprint density at radius 3 is 2.71 bits per heavy atom. The van der Waals surface area contributed by atoms with Gasteiger partial charge in [0.05, 0.1) is 24.6 Å². The van der Waals surface area contributed by atoms with Crippen LogP contribution in [0.25, 0.3) is 0 Å². The van der Waals surface area contributed by atoms with E-state index in [0.29, 0.717) is 0 Å². The van der Waals surface area contributed by atoms with Gasteiger partial charge in [0.15, 0.2) is 0 Å². The summed E-state index contributed by atoms with van der Waals surface area (Å²) in [6.07, 6.45) is 1.93. The van der Waals surface area contributed by atoms with E-state index in [2.05, 4.69) is 45.5 Å². The predicted molar refractivity (Wildman–Crippen MR) is 85.8 cm³/mol. The third-order valence-electron chi connectivity index (χ3n) is 3.71. The number of pyridine rings is 1. The summed E-state index contributed by atoms with van der Waals surface area (Å²) in [5, 5.41) is 3.52. The lowest BCUT2D eigenvalue weighted by atomic mass is 10.2. The van der Waals surface area contributed by atoms with Crippen molar-refractivity contribution in [3.8, 4) is 0 Å². The number of ether oxygens (including phenoxy) is 1. The molecule has 0 radical (unpaired) electrons. The smallest absolute Gasteiger partial charge is 0.0642 e. The van der Waals surface area contributed by atoms with Crippen molar-refractivity contribution in [3.05, 3.63) is 53.9 Å². The molecule has 1 saturated heterocycles. The van der Waals surface area contributed by atoms with Gasteiger partial charge in [0.25, 0.3) is 0 Å². The highest BCUT2D eigenvalue weighted by atomic mass is 16.5. The molecule has 2 aromatic rings. The Kier molecular flexibility index (Phi) is 4.36. The fraction of sp³-hybridized carbons (Fsp3) is 0.353. The number of hydrogen-bond acceptors (Lipinski definition) is 4. The second-order valence-corrected chi connectivity index (χ2v) is 5.28. The molecule has 0 aliphatic carbocycles. The van der Waals surface area contributed by atoms with Crippen LogP contribution in [0.4, 0.5) is 11.4 Å². The van der Waals surface area contributed by atoms with Gasteiger partial charge in [0.2, 0.25) is 0 Å². The van der Waals surface area contributed by atoms with E-state index < -0.39 is 0 Å². The van der Waals surface area contributed by atoms with Gasteiger partial charge in [-0.05, 0) is 30.7 Å². The Balaban J connectivity index is 1.71. The third-order valence-corrected chi connectivity index (χ3v) is 3.71. The van der Waals surface area contributed by atoms with Crippen LogP contribution in [0.3, 0.4) is 0 Å². The third kappa shape index (κ3) is 3.52. The molecule has 1 aliphatic heterocycles. The zero-order valence-electron chi connectivity index (χ0n) is 12.4. The molecule has 4 nitrogen and oxygen atoms in total. The largest absolute Gasteiger partial charge is 0.379 e. The van der Waals surface area contributed by atoms with Gasteiger partial charge in [-0.25, -0.2) is 0 Å². The molecule has 0 atom stereocenters. The minimum absolute atomic E-state index is 0.786. The molecule has 1 aromatic carbocycles. The van der Waals surface area contributed by atoms with Gasteiger partial charge in [-0.1, -0.05) is 18.2 Å². The van der Waals surface area contributed by atoms with Crippen molar-refractivity contribution in [2.45, 2.75) is 13.5 Å². The van der Waals surface area contributed by atoms with Crippen molar-refractivity contribution >= 4 is 11.4 Å². The van der Waals surface area contributed by atoms with E-state index in [1.165, 1.54) is 16.9 Å². The predicted octanol–water partition coefficient (Wildman–Crippen LogP) is 2.84. The van der Waals surface area contributed by atoms with Crippen LogP contribution in [0.1, 0.15) is 11.3 Å². The molecule has 1 aromatic heterocycles. The normalized spacial score (nSPS) is 15.0. The average Bonchev–Trinajstić information content (AvgIpc) is 2.55. The quantitative estimate of drug-likeness (QED) is 0.936. The number of benzene rings is 1. The number of nitrogens with zero attached hydrogens (tertiary/aromatic N) is 2. The molecule has 110 valence electrons. The molecular formula is C17H21N3O. The lowest BCUT2D eigenvalue weighted by Gasteiger charge is -2.30. The highest BCUT2D eigenvalue weighted by Crippen LogP contribution is 2.26. The molecule has 1 aliphatic rings. The lowest BCUT2D eigenvalue weighted by molar-refractivity contribution is 0.123. The van der Waals surface area contributed by atoms with Crippen molar-refractivity contribution < 1.29 is 4.74 Å². The summed E-state index contributed by atoms with van der Waals surface area (Å²) in [6.45, 7) is 6.29.